The van der Waals surface area contributed by atoms with E-state index in [0.717, 1.165) is 18.5 Å². The second-order valence-electron chi connectivity index (χ2n) is 8.87. The zero-order valence-electron chi connectivity index (χ0n) is 16.9. The van der Waals surface area contributed by atoms with Crippen molar-refractivity contribution in [3.8, 4) is 22.3 Å². The van der Waals surface area contributed by atoms with Crippen molar-refractivity contribution in [1.29, 1.82) is 0 Å². The first-order chi connectivity index (χ1) is 15.3. The number of aromatic nitrogens is 2. The van der Waals surface area contributed by atoms with Gasteiger partial charge in [-0.3, -0.25) is 4.40 Å². The van der Waals surface area contributed by atoms with E-state index in [4.69, 9.17) is 4.98 Å². The van der Waals surface area contributed by atoms with E-state index in [-0.39, 0.29) is 0 Å². The second kappa shape index (κ2) is 5.41. The molecule has 2 aliphatic carbocycles. The van der Waals surface area contributed by atoms with Crippen molar-refractivity contribution in [2.45, 2.75) is 12.8 Å². The molecular formula is C29H18N2. The number of hydrogen-bond acceptors (Lipinski definition) is 1. The number of nitrogens with zero attached hydrogens (tertiary/aromatic N) is 2. The number of fused-ring (bicyclic) bond motifs is 12. The summed E-state index contributed by atoms with van der Waals surface area (Å²) in [5.74, 6) is 0. The summed E-state index contributed by atoms with van der Waals surface area (Å²) in [5, 5.41) is 3.88. The van der Waals surface area contributed by atoms with Crippen LogP contribution >= 0.6 is 0 Å². The van der Waals surface area contributed by atoms with E-state index < -0.39 is 0 Å². The number of imidazole rings is 1. The van der Waals surface area contributed by atoms with Gasteiger partial charge in [-0.25, -0.2) is 4.98 Å². The largest absolute Gasteiger partial charge is 0.299 e. The Labute approximate surface area is 179 Å². The van der Waals surface area contributed by atoms with Gasteiger partial charge in [0.1, 0.15) is 5.65 Å². The first kappa shape index (κ1) is 15.9. The molecule has 0 atom stereocenters. The van der Waals surface area contributed by atoms with Gasteiger partial charge in [-0.1, -0.05) is 48.5 Å². The highest BCUT2D eigenvalue weighted by atomic mass is 15.0. The first-order valence-electron chi connectivity index (χ1n) is 10.9. The minimum Gasteiger partial charge on any atom is -0.299 e. The summed E-state index contributed by atoms with van der Waals surface area (Å²) in [7, 11) is 0. The van der Waals surface area contributed by atoms with Crippen molar-refractivity contribution < 1.29 is 0 Å². The van der Waals surface area contributed by atoms with E-state index in [1.54, 1.807) is 0 Å². The number of benzene rings is 4. The molecule has 2 aromatic heterocycles. The second-order valence-corrected chi connectivity index (χ2v) is 8.87. The fraction of sp³-hybridized carbons (Fsp3) is 0.0690. The lowest BCUT2D eigenvalue weighted by atomic mass is 9.96. The van der Waals surface area contributed by atoms with Gasteiger partial charge >= 0.3 is 0 Å². The molecule has 31 heavy (non-hydrogen) atoms. The van der Waals surface area contributed by atoms with Gasteiger partial charge in [-0.2, -0.15) is 0 Å². The third-order valence-corrected chi connectivity index (χ3v) is 7.27. The summed E-state index contributed by atoms with van der Waals surface area (Å²) in [4.78, 5) is 4.77. The van der Waals surface area contributed by atoms with Crippen LogP contribution in [0, 0.1) is 0 Å². The third kappa shape index (κ3) is 1.95. The molecule has 0 saturated heterocycles. The van der Waals surface area contributed by atoms with E-state index in [9.17, 15) is 0 Å². The van der Waals surface area contributed by atoms with E-state index >= 15 is 0 Å². The maximum atomic E-state index is 4.77. The molecule has 0 saturated carbocycles. The molecule has 0 radical (unpaired) electrons. The van der Waals surface area contributed by atoms with Gasteiger partial charge in [0.15, 0.2) is 0 Å². The highest BCUT2D eigenvalue weighted by molar-refractivity contribution is 6.14. The minimum atomic E-state index is 1.01. The Kier molecular flexibility index (Phi) is 2.77. The minimum absolute atomic E-state index is 1.01. The fourth-order valence-corrected chi connectivity index (χ4v) is 5.88. The molecular weight excluding hydrogens is 376 g/mol. The van der Waals surface area contributed by atoms with Crippen LogP contribution in [-0.2, 0) is 12.8 Å². The van der Waals surface area contributed by atoms with Crippen molar-refractivity contribution in [3.63, 3.8) is 0 Å². The quantitative estimate of drug-likeness (QED) is 0.259. The Bertz CT molecular complexity index is 1740. The van der Waals surface area contributed by atoms with Crippen LogP contribution in [0.3, 0.4) is 0 Å². The lowest BCUT2D eigenvalue weighted by Crippen LogP contribution is -1.94. The highest BCUT2D eigenvalue weighted by Gasteiger charge is 2.23. The van der Waals surface area contributed by atoms with Crippen LogP contribution in [0.5, 0.6) is 0 Å². The molecule has 6 aromatic rings. The SMILES string of the molecule is c1ccc2c(c1)Cc1cc3c(cc1-2)c1cc2c(cc1n1ccnc31)-c1ccccc1C2. The van der Waals surface area contributed by atoms with Crippen LogP contribution in [0.1, 0.15) is 22.3 Å². The van der Waals surface area contributed by atoms with Gasteiger partial charge < -0.3 is 0 Å². The molecule has 0 aliphatic heterocycles. The van der Waals surface area contributed by atoms with Gasteiger partial charge in [0.2, 0.25) is 0 Å². The molecule has 0 unspecified atom stereocenters. The Balaban J connectivity index is 1.53. The Morgan fingerprint density at radius 1 is 0.581 bits per heavy atom. The van der Waals surface area contributed by atoms with Gasteiger partial charge in [-0.15, -0.1) is 0 Å². The van der Waals surface area contributed by atoms with Crippen LogP contribution < -0.4 is 0 Å². The topological polar surface area (TPSA) is 17.3 Å². The van der Waals surface area contributed by atoms with E-state index in [1.165, 1.54) is 66.2 Å². The Morgan fingerprint density at radius 3 is 1.97 bits per heavy atom. The van der Waals surface area contributed by atoms with Crippen molar-refractivity contribution in [2.75, 3.05) is 0 Å². The molecule has 2 heteroatoms. The van der Waals surface area contributed by atoms with Gasteiger partial charge in [0, 0.05) is 23.2 Å². The summed E-state index contributed by atoms with van der Waals surface area (Å²) in [6.07, 6.45) is 6.05. The molecule has 2 heterocycles. The zero-order chi connectivity index (χ0) is 20.1. The number of pyridine rings is 1. The Hall–Kier alpha value is -3.91. The summed E-state index contributed by atoms with van der Waals surface area (Å²) < 4.78 is 2.27. The van der Waals surface area contributed by atoms with E-state index in [1.807, 2.05) is 6.20 Å². The molecule has 4 aromatic carbocycles. The molecule has 8 rings (SSSR count). The summed E-state index contributed by atoms with van der Waals surface area (Å²) in [6.45, 7) is 0. The molecule has 144 valence electrons. The molecule has 0 N–H and O–H groups in total. The summed E-state index contributed by atoms with van der Waals surface area (Å²) in [5.41, 5.74) is 13.5. The van der Waals surface area contributed by atoms with Crippen LogP contribution in [0.4, 0.5) is 0 Å². The zero-order valence-corrected chi connectivity index (χ0v) is 16.9. The fourth-order valence-electron chi connectivity index (χ4n) is 5.88. The lowest BCUT2D eigenvalue weighted by Gasteiger charge is -2.13. The number of rotatable bonds is 0. The third-order valence-electron chi connectivity index (χ3n) is 7.27. The molecule has 0 spiro atoms. The van der Waals surface area contributed by atoms with Crippen LogP contribution in [0.2, 0.25) is 0 Å². The van der Waals surface area contributed by atoms with Gasteiger partial charge in [0.05, 0.1) is 5.52 Å². The van der Waals surface area contributed by atoms with Crippen LogP contribution in [0.15, 0.2) is 85.2 Å². The first-order valence-corrected chi connectivity index (χ1v) is 10.9. The maximum absolute atomic E-state index is 4.77. The predicted molar refractivity (Wildman–Crippen MR) is 127 cm³/mol. The summed E-state index contributed by atoms with van der Waals surface area (Å²) >= 11 is 0. The predicted octanol–water partition coefficient (Wildman–Crippen LogP) is 6.78. The summed E-state index contributed by atoms with van der Waals surface area (Å²) in [6, 6.07) is 27.2. The average molecular weight is 394 g/mol. The Morgan fingerprint density at radius 2 is 1.23 bits per heavy atom. The average Bonchev–Trinajstić information content (AvgIpc) is 3.51. The molecule has 0 bridgehead atoms. The molecule has 2 nitrogen and oxygen atoms in total. The monoisotopic (exact) mass is 394 g/mol. The lowest BCUT2D eigenvalue weighted by molar-refractivity contribution is 1.24. The normalized spacial score (nSPS) is 13.5. The van der Waals surface area contributed by atoms with Crippen molar-refractivity contribution in [3.05, 3.63) is 107 Å². The standard InChI is InChI=1S/C29H18N2/c1-3-7-21-17(5-1)12-20-14-27-25(15-23(20)21)26-13-19-11-18-6-2-4-8-22(18)24(19)16-28(26)31-10-9-30-29(27)31/h1-10,13-16H,11-12H2. The maximum Gasteiger partial charge on any atom is 0.145 e. The van der Waals surface area contributed by atoms with Crippen LogP contribution in [-0.4, -0.2) is 9.38 Å². The highest BCUT2D eigenvalue weighted by Crippen LogP contribution is 2.44. The van der Waals surface area contributed by atoms with E-state index in [2.05, 4.69) is 83.4 Å². The van der Waals surface area contributed by atoms with Crippen molar-refractivity contribution >= 4 is 27.3 Å². The van der Waals surface area contributed by atoms with Gasteiger partial charge in [0.25, 0.3) is 0 Å². The number of hydrogen-bond donors (Lipinski definition) is 0. The van der Waals surface area contributed by atoms with Gasteiger partial charge in [-0.05, 0) is 87.0 Å². The molecule has 0 amide bonds. The van der Waals surface area contributed by atoms with Crippen molar-refractivity contribution in [2.24, 2.45) is 0 Å². The van der Waals surface area contributed by atoms with Crippen LogP contribution in [0.25, 0.3) is 49.6 Å². The molecule has 0 fully saturated rings. The smallest absolute Gasteiger partial charge is 0.145 e. The molecule has 2 aliphatic rings. The van der Waals surface area contributed by atoms with Crippen molar-refractivity contribution in [1.82, 2.24) is 9.38 Å². The van der Waals surface area contributed by atoms with E-state index in [0.29, 0.717) is 0 Å².